The van der Waals surface area contributed by atoms with Crippen LogP contribution in [0.1, 0.15) is 24.0 Å². The molecular weight excluding hydrogens is 825 g/mol. The van der Waals surface area contributed by atoms with E-state index in [9.17, 15) is 4.21 Å². The molecule has 1 saturated heterocycles. The van der Waals surface area contributed by atoms with Crippen LogP contribution >= 0.6 is 0 Å². The molecule has 0 amide bonds. The maximum absolute atomic E-state index is 11.7. The fourth-order valence-electron chi connectivity index (χ4n) is 7.17. The van der Waals surface area contributed by atoms with Crippen molar-refractivity contribution in [1.82, 2.24) is 48.7 Å². The van der Waals surface area contributed by atoms with Crippen LogP contribution < -0.4 is 22.5 Å². The molecule has 9 heterocycles. The second kappa shape index (κ2) is 20.4. The molecule has 322 valence electrons. The van der Waals surface area contributed by atoms with Gasteiger partial charge in [0.1, 0.15) is 11.3 Å². The lowest BCUT2D eigenvalue weighted by Gasteiger charge is -2.07. The largest absolute Gasteiger partial charge is 0.381 e. The summed E-state index contributed by atoms with van der Waals surface area (Å²) in [5, 5.41) is 5.45. The van der Waals surface area contributed by atoms with Crippen LogP contribution in [0.4, 0.5) is 17.8 Å². The quantitative estimate of drug-likeness (QED) is 0.117. The van der Waals surface area contributed by atoms with Gasteiger partial charge in [-0.1, -0.05) is 60.7 Å². The molecule has 0 aliphatic carbocycles. The van der Waals surface area contributed by atoms with E-state index in [1.807, 2.05) is 95.4 Å². The number of aromatic nitrogens is 10. The number of hydrogen-bond donors (Lipinski definition) is 4. The van der Waals surface area contributed by atoms with E-state index in [0.717, 1.165) is 57.5 Å². The summed E-state index contributed by atoms with van der Waals surface area (Å²) in [6.45, 7) is 3.29. The first-order valence-corrected chi connectivity index (χ1v) is 22.1. The van der Waals surface area contributed by atoms with E-state index < -0.39 is 10.8 Å². The van der Waals surface area contributed by atoms with Crippen LogP contribution in [-0.2, 0) is 28.6 Å². The summed E-state index contributed by atoms with van der Waals surface area (Å²) in [4.78, 5) is 34.8. The first-order chi connectivity index (χ1) is 31.4. The predicted molar refractivity (Wildman–Crippen MR) is 252 cm³/mol. The van der Waals surface area contributed by atoms with Gasteiger partial charge in [0.2, 0.25) is 23.0 Å². The Morgan fingerprint density at radius 1 is 0.594 bits per heavy atom. The fourth-order valence-corrected chi connectivity index (χ4v) is 7.61. The van der Waals surface area contributed by atoms with Crippen molar-refractivity contribution in [2.45, 2.75) is 31.1 Å². The first kappa shape index (κ1) is 42.9. The summed E-state index contributed by atoms with van der Waals surface area (Å²) in [6, 6.07) is 35.3. The Kier molecular flexibility index (Phi) is 13.7. The number of nitrogen functional groups attached to an aromatic ring is 2. The molecule has 7 N–H and O–H groups in total. The van der Waals surface area contributed by atoms with Crippen molar-refractivity contribution in [2.75, 3.05) is 36.3 Å². The maximum atomic E-state index is 11.7. The van der Waals surface area contributed by atoms with E-state index in [-0.39, 0.29) is 0 Å². The van der Waals surface area contributed by atoms with Crippen molar-refractivity contribution in [3.63, 3.8) is 0 Å². The van der Waals surface area contributed by atoms with Gasteiger partial charge in [-0.15, -0.1) is 0 Å². The van der Waals surface area contributed by atoms with E-state index in [2.05, 4.69) is 52.3 Å². The molecule has 1 atom stereocenters. The molecular formula is C47H46N14O2S. The Morgan fingerprint density at radius 2 is 1.11 bits per heavy atom. The summed E-state index contributed by atoms with van der Waals surface area (Å²) in [5.41, 5.74) is 26.4. The van der Waals surface area contributed by atoms with Crippen LogP contribution in [0.3, 0.4) is 0 Å². The van der Waals surface area contributed by atoms with E-state index >= 15 is 0 Å². The van der Waals surface area contributed by atoms with Gasteiger partial charge in [0.15, 0.2) is 0 Å². The SMILES string of the molecule is C1CCOC1.CS(=O)c1nccc(-c2c3cccnc3n3c(N)nccc23)n1.NCc1ccccc1.Nc1nccc2c(-c3ccnc(NCc4ccccc4)n3)c3cccnc3n12. The van der Waals surface area contributed by atoms with Gasteiger partial charge in [-0.2, -0.15) is 0 Å². The molecule has 16 nitrogen and oxygen atoms in total. The number of anilines is 3. The Balaban J connectivity index is 0.000000138. The lowest BCUT2D eigenvalue weighted by molar-refractivity contribution is 0.198. The zero-order valence-corrected chi connectivity index (χ0v) is 35.8. The minimum Gasteiger partial charge on any atom is -0.381 e. The minimum absolute atomic E-state index is 0.293. The Labute approximate surface area is 371 Å². The molecule has 1 aliphatic heterocycles. The number of ether oxygens (including phenoxy) is 1. The topological polar surface area (TPSA) is 228 Å². The zero-order chi connectivity index (χ0) is 44.3. The Hall–Kier alpha value is -7.73. The normalized spacial score (nSPS) is 12.5. The third kappa shape index (κ3) is 9.66. The molecule has 0 spiro atoms. The lowest BCUT2D eigenvalue weighted by Crippen LogP contribution is -2.03. The van der Waals surface area contributed by atoms with Gasteiger partial charge in [-0.05, 0) is 72.5 Å². The Morgan fingerprint density at radius 3 is 1.61 bits per heavy atom. The number of fused-ring (bicyclic) bond motifs is 6. The van der Waals surface area contributed by atoms with Gasteiger partial charge in [0, 0.05) is 91.6 Å². The molecule has 11 rings (SSSR count). The van der Waals surface area contributed by atoms with Gasteiger partial charge < -0.3 is 27.3 Å². The summed E-state index contributed by atoms with van der Waals surface area (Å²) in [6.07, 6.45) is 14.3. The molecule has 0 radical (unpaired) electrons. The van der Waals surface area contributed by atoms with Gasteiger partial charge in [-0.3, -0.25) is 13.0 Å². The molecule has 10 aromatic rings. The van der Waals surface area contributed by atoms with Crippen molar-refractivity contribution < 1.29 is 8.95 Å². The standard InChI is InChI=1S/C21H17N7.C15H12N6OS.C7H9N.C4H8O/c22-20-24-12-9-17-18(15-7-4-10-23-19(15)28(17)20)16-8-11-25-21(27-16)26-13-14-5-2-1-3-6-14;1-23(22)15-19-7-4-10(20-15)12-9-3-2-6-17-13(9)21-11(12)5-8-18-14(21)16;8-6-7-4-2-1-3-5-7;1-2-4-5-3-1/h1-12H,13H2,(H2,22,24)(H,25,26,27);2-8H,1H3,(H2,16,18);1-5H,6,8H2;1-4H2. The number of nitrogens with one attached hydrogen (secondary N) is 1. The average molecular weight is 871 g/mol. The monoisotopic (exact) mass is 870 g/mol. The summed E-state index contributed by atoms with van der Waals surface area (Å²) < 4.78 is 20.3. The molecule has 1 unspecified atom stereocenters. The molecule has 8 aromatic heterocycles. The summed E-state index contributed by atoms with van der Waals surface area (Å²) in [7, 11) is -1.25. The van der Waals surface area contributed by atoms with Gasteiger partial charge in [0.05, 0.1) is 33.2 Å². The van der Waals surface area contributed by atoms with Crippen LogP contribution in [0.5, 0.6) is 0 Å². The van der Waals surface area contributed by atoms with Crippen molar-refractivity contribution >= 4 is 61.7 Å². The predicted octanol–water partition coefficient (Wildman–Crippen LogP) is 7.14. The minimum atomic E-state index is -1.25. The number of nitrogens with two attached hydrogens (primary N) is 3. The highest BCUT2D eigenvalue weighted by atomic mass is 32.2. The Bertz CT molecular complexity index is 3150. The average Bonchev–Trinajstić information content (AvgIpc) is 4.12. The smallest absolute Gasteiger partial charge is 0.223 e. The van der Waals surface area contributed by atoms with E-state index in [1.54, 1.807) is 53.9 Å². The first-order valence-electron chi connectivity index (χ1n) is 20.5. The molecule has 0 saturated carbocycles. The van der Waals surface area contributed by atoms with Crippen molar-refractivity contribution in [3.8, 4) is 22.5 Å². The summed E-state index contributed by atoms with van der Waals surface area (Å²) in [5.74, 6) is 1.31. The molecule has 1 fully saturated rings. The number of hydrogen-bond acceptors (Lipinski definition) is 14. The molecule has 17 heteroatoms. The third-order valence-electron chi connectivity index (χ3n) is 10.1. The van der Waals surface area contributed by atoms with Crippen molar-refractivity contribution in [3.05, 3.63) is 158 Å². The lowest BCUT2D eigenvalue weighted by atomic mass is 10.1. The maximum Gasteiger partial charge on any atom is 0.223 e. The van der Waals surface area contributed by atoms with E-state index in [0.29, 0.717) is 47.4 Å². The van der Waals surface area contributed by atoms with E-state index in [1.165, 1.54) is 24.0 Å². The highest BCUT2D eigenvalue weighted by molar-refractivity contribution is 7.84. The second-order valence-electron chi connectivity index (χ2n) is 14.3. The number of pyridine rings is 2. The van der Waals surface area contributed by atoms with Gasteiger partial charge >= 0.3 is 0 Å². The van der Waals surface area contributed by atoms with Crippen LogP contribution in [0.2, 0.25) is 0 Å². The van der Waals surface area contributed by atoms with Crippen LogP contribution in [-0.4, -0.2) is 72.4 Å². The number of rotatable bonds is 7. The highest BCUT2D eigenvalue weighted by Gasteiger charge is 2.19. The zero-order valence-electron chi connectivity index (χ0n) is 35.0. The van der Waals surface area contributed by atoms with Crippen LogP contribution in [0.15, 0.2) is 152 Å². The van der Waals surface area contributed by atoms with Gasteiger partial charge in [-0.25, -0.2) is 39.9 Å². The third-order valence-corrected chi connectivity index (χ3v) is 10.8. The second-order valence-corrected chi connectivity index (χ2v) is 15.6. The van der Waals surface area contributed by atoms with Crippen molar-refractivity contribution in [1.29, 1.82) is 0 Å². The van der Waals surface area contributed by atoms with Crippen LogP contribution in [0.25, 0.3) is 55.6 Å². The summed E-state index contributed by atoms with van der Waals surface area (Å²) >= 11 is 0. The molecule has 1 aliphatic rings. The molecule has 2 aromatic carbocycles. The molecule has 0 bridgehead atoms. The van der Waals surface area contributed by atoms with Crippen molar-refractivity contribution in [2.24, 2.45) is 5.73 Å². The highest BCUT2D eigenvalue weighted by Crippen LogP contribution is 2.36. The number of nitrogens with zero attached hydrogens (tertiary/aromatic N) is 10. The fraction of sp³-hybridized carbons (Fsp3) is 0.149. The van der Waals surface area contributed by atoms with E-state index in [4.69, 9.17) is 26.9 Å². The van der Waals surface area contributed by atoms with Gasteiger partial charge in [0.25, 0.3) is 0 Å². The number of benzene rings is 2. The molecule has 64 heavy (non-hydrogen) atoms. The van der Waals surface area contributed by atoms with Crippen LogP contribution in [0, 0.1) is 0 Å².